The van der Waals surface area contributed by atoms with Crippen LogP contribution in [0.5, 0.6) is 0 Å². The maximum atomic E-state index is 12.2. The number of hydroxylamine groups is 1. The molecule has 25 heavy (non-hydrogen) atoms. The molecule has 6 nitrogen and oxygen atoms in total. The number of carbonyl (C=O) groups excluding carboxylic acids is 1. The van der Waals surface area contributed by atoms with Gasteiger partial charge in [-0.25, -0.2) is 0 Å². The normalized spacial score (nSPS) is 20.9. The lowest BCUT2D eigenvalue weighted by Crippen LogP contribution is -3.14. The molecule has 2 aliphatic rings. The van der Waals surface area contributed by atoms with Crippen LogP contribution in [0.15, 0.2) is 24.3 Å². The Morgan fingerprint density at radius 3 is 2.84 bits per heavy atom. The van der Waals surface area contributed by atoms with E-state index in [1.807, 2.05) is 6.07 Å². The highest BCUT2D eigenvalue weighted by Crippen LogP contribution is 2.27. The minimum Gasteiger partial charge on any atom is -0.370 e. The number of carbonyl (C=O) groups is 1. The topological polar surface area (TPSA) is 64.0 Å². The van der Waals surface area contributed by atoms with Crippen LogP contribution in [0.1, 0.15) is 12.0 Å². The largest absolute Gasteiger partial charge is 0.370 e. The van der Waals surface area contributed by atoms with Gasteiger partial charge in [0.15, 0.2) is 6.10 Å². The van der Waals surface area contributed by atoms with Gasteiger partial charge in [-0.3, -0.25) is 15.1 Å². The maximum Gasteiger partial charge on any atom is 0.256 e. The Morgan fingerprint density at radius 2 is 2.08 bits per heavy atom. The minimum absolute atomic E-state index is 0.153. The van der Waals surface area contributed by atoms with Crippen LogP contribution >= 0.6 is 23.2 Å². The fraction of sp³-hybridized carbons (Fsp3) is 0.471. The third kappa shape index (κ3) is 5.09. The highest BCUT2D eigenvalue weighted by atomic mass is 35.5. The van der Waals surface area contributed by atoms with Crippen molar-refractivity contribution in [3.05, 3.63) is 39.9 Å². The number of halogens is 2. The van der Waals surface area contributed by atoms with E-state index >= 15 is 0 Å². The van der Waals surface area contributed by atoms with Crippen molar-refractivity contribution in [1.29, 1.82) is 0 Å². The molecule has 0 aliphatic carbocycles. The molecule has 1 aromatic carbocycles. The van der Waals surface area contributed by atoms with E-state index in [4.69, 9.17) is 32.8 Å². The zero-order chi connectivity index (χ0) is 17.6. The molecule has 3 N–H and O–H groups in total. The molecule has 2 aliphatic heterocycles. The summed E-state index contributed by atoms with van der Waals surface area (Å²) in [5, 5.41) is 3.86. The Hall–Kier alpha value is -1.31. The quantitative estimate of drug-likeness (QED) is 0.628. The Kier molecular flexibility index (Phi) is 6.56. The van der Waals surface area contributed by atoms with Crippen molar-refractivity contribution in [3.63, 3.8) is 0 Å². The van der Waals surface area contributed by atoms with Gasteiger partial charge in [-0.05, 0) is 18.2 Å². The van der Waals surface area contributed by atoms with Crippen LogP contribution in [0.3, 0.4) is 0 Å². The molecule has 8 heteroatoms. The predicted octanol–water partition coefficient (Wildman–Crippen LogP) is 0.659. The smallest absolute Gasteiger partial charge is 0.256 e. The van der Waals surface area contributed by atoms with Crippen LogP contribution in [0.4, 0.5) is 0 Å². The second kappa shape index (κ2) is 8.87. The first-order valence-electron chi connectivity index (χ1n) is 8.41. The van der Waals surface area contributed by atoms with Crippen molar-refractivity contribution in [3.8, 4) is 0 Å². The van der Waals surface area contributed by atoms with Crippen LogP contribution in [-0.4, -0.2) is 51.4 Å². The van der Waals surface area contributed by atoms with Gasteiger partial charge in [0.1, 0.15) is 13.1 Å². The number of amides is 1. The van der Waals surface area contributed by atoms with Crippen molar-refractivity contribution >= 4 is 34.8 Å². The Balaban J connectivity index is 1.44. The van der Waals surface area contributed by atoms with Crippen molar-refractivity contribution in [2.45, 2.75) is 12.5 Å². The van der Waals surface area contributed by atoms with Crippen LogP contribution in [0.2, 0.25) is 10.0 Å². The number of nitrogens with one attached hydrogen (secondary N) is 3. The Labute approximate surface area is 157 Å². The third-order valence-electron chi connectivity index (χ3n) is 4.31. The van der Waals surface area contributed by atoms with E-state index < -0.39 is 6.10 Å². The second-order valence-electron chi connectivity index (χ2n) is 6.11. The van der Waals surface area contributed by atoms with Crippen LogP contribution in [-0.2, 0) is 14.4 Å². The molecule has 1 atom stereocenters. The van der Waals surface area contributed by atoms with Crippen molar-refractivity contribution in [2.24, 2.45) is 0 Å². The molecule has 0 bridgehead atoms. The highest BCUT2D eigenvalue weighted by molar-refractivity contribution is 6.42. The molecule has 1 aromatic rings. The lowest BCUT2D eigenvalue weighted by atomic mass is 10.1. The summed E-state index contributed by atoms with van der Waals surface area (Å²) in [4.78, 5) is 19.1. The van der Waals surface area contributed by atoms with E-state index in [2.05, 4.69) is 10.8 Å². The van der Waals surface area contributed by atoms with E-state index in [0.717, 1.165) is 44.8 Å². The first kappa shape index (κ1) is 18.5. The summed E-state index contributed by atoms with van der Waals surface area (Å²) in [5.74, 6) is -0.153. The van der Waals surface area contributed by atoms with Crippen LogP contribution < -0.4 is 15.7 Å². The van der Waals surface area contributed by atoms with E-state index in [9.17, 15) is 4.79 Å². The van der Waals surface area contributed by atoms with Crippen LogP contribution in [0, 0.1) is 0 Å². The molecule has 1 saturated heterocycles. The predicted molar refractivity (Wildman–Crippen MR) is 96.5 cm³/mol. The highest BCUT2D eigenvalue weighted by Gasteiger charge is 2.24. The molecule has 0 spiro atoms. The number of ether oxygens (including phenoxy) is 1. The molecule has 0 unspecified atom stereocenters. The van der Waals surface area contributed by atoms with Crippen molar-refractivity contribution < 1.29 is 19.3 Å². The third-order valence-corrected chi connectivity index (χ3v) is 5.05. The lowest BCUT2D eigenvalue weighted by Gasteiger charge is -2.23. The molecule has 136 valence electrons. The summed E-state index contributed by atoms with van der Waals surface area (Å²) < 4.78 is 5.34. The fourth-order valence-electron chi connectivity index (χ4n) is 2.86. The van der Waals surface area contributed by atoms with E-state index in [-0.39, 0.29) is 5.91 Å². The number of hydrogen-bond acceptors (Lipinski definition) is 4. The molecular formula is C17H22Cl2N3O3+. The molecule has 1 fully saturated rings. The zero-order valence-corrected chi connectivity index (χ0v) is 15.3. The van der Waals surface area contributed by atoms with Crippen LogP contribution in [0.25, 0.3) is 5.70 Å². The number of benzene rings is 1. The summed E-state index contributed by atoms with van der Waals surface area (Å²) in [6.07, 6.45) is 2.02. The Morgan fingerprint density at radius 1 is 1.28 bits per heavy atom. The van der Waals surface area contributed by atoms with Gasteiger partial charge >= 0.3 is 0 Å². The summed E-state index contributed by atoms with van der Waals surface area (Å²) in [6, 6.07) is 5.27. The van der Waals surface area contributed by atoms with Gasteiger partial charge in [-0.2, -0.15) is 0 Å². The molecule has 3 rings (SSSR count). The van der Waals surface area contributed by atoms with E-state index in [1.165, 1.54) is 4.90 Å². The standard InChI is InChI=1S/C17H21Cl2N3O3/c18-13-3-2-12(10-14(13)19)15-11-16(25-21-15)17(23)20-4-1-5-22-6-8-24-9-7-22/h2-3,10-11,16,21H,1,4-9H2,(H,20,23)/p+1/t16-/m0/s1. The van der Waals surface area contributed by atoms with Gasteiger partial charge in [0.05, 0.1) is 35.5 Å². The van der Waals surface area contributed by atoms with Gasteiger partial charge in [0.2, 0.25) is 0 Å². The first-order chi connectivity index (χ1) is 12.1. The molecular weight excluding hydrogens is 365 g/mol. The van der Waals surface area contributed by atoms with E-state index in [1.54, 1.807) is 18.2 Å². The first-order valence-corrected chi connectivity index (χ1v) is 9.17. The lowest BCUT2D eigenvalue weighted by molar-refractivity contribution is -0.908. The number of morpholine rings is 1. The maximum absolute atomic E-state index is 12.2. The molecule has 0 radical (unpaired) electrons. The van der Waals surface area contributed by atoms with Gasteiger partial charge in [0.25, 0.3) is 5.91 Å². The van der Waals surface area contributed by atoms with Crippen molar-refractivity contribution in [2.75, 3.05) is 39.4 Å². The average molecular weight is 387 g/mol. The van der Waals surface area contributed by atoms with Gasteiger partial charge in [-0.15, -0.1) is 0 Å². The number of quaternary nitrogens is 1. The molecule has 2 heterocycles. The monoisotopic (exact) mass is 386 g/mol. The average Bonchev–Trinajstić information content (AvgIpc) is 3.12. The van der Waals surface area contributed by atoms with Gasteiger partial charge in [-0.1, -0.05) is 29.3 Å². The molecule has 0 saturated carbocycles. The number of hydrogen-bond donors (Lipinski definition) is 3. The summed E-state index contributed by atoms with van der Waals surface area (Å²) in [6.45, 7) is 5.41. The summed E-state index contributed by atoms with van der Waals surface area (Å²) in [5.41, 5.74) is 4.30. The SMILES string of the molecule is O=C(NCCC[NH+]1CCOCC1)[C@@H]1C=C(c2ccc(Cl)c(Cl)c2)NO1. The van der Waals surface area contributed by atoms with Gasteiger partial charge < -0.3 is 15.0 Å². The van der Waals surface area contributed by atoms with Crippen molar-refractivity contribution in [1.82, 2.24) is 10.8 Å². The zero-order valence-electron chi connectivity index (χ0n) is 13.8. The Bertz CT molecular complexity index is 648. The summed E-state index contributed by atoms with van der Waals surface area (Å²) in [7, 11) is 0. The number of rotatable bonds is 6. The summed E-state index contributed by atoms with van der Waals surface area (Å²) >= 11 is 11.9. The molecule has 1 amide bonds. The fourth-order valence-corrected chi connectivity index (χ4v) is 3.15. The van der Waals surface area contributed by atoms with Gasteiger partial charge in [0, 0.05) is 18.5 Å². The minimum atomic E-state index is -0.653. The van der Waals surface area contributed by atoms with E-state index in [0.29, 0.717) is 22.3 Å². The second-order valence-corrected chi connectivity index (χ2v) is 6.92. The molecule has 0 aromatic heterocycles.